The zero-order valence-corrected chi connectivity index (χ0v) is 16.8. The highest BCUT2D eigenvalue weighted by Crippen LogP contribution is 2.30. The van der Waals surface area contributed by atoms with Gasteiger partial charge in [-0.3, -0.25) is 9.59 Å². The highest BCUT2D eigenvalue weighted by atomic mass is 16.5. The summed E-state index contributed by atoms with van der Waals surface area (Å²) in [6, 6.07) is 14.3. The molecule has 2 heterocycles. The first-order valence-corrected chi connectivity index (χ1v) is 9.57. The Kier molecular flexibility index (Phi) is 5.43. The number of fused-ring (bicyclic) bond motifs is 1. The monoisotopic (exact) mass is 406 g/mol. The van der Waals surface area contributed by atoms with Gasteiger partial charge in [-0.05, 0) is 53.9 Å². The molecule has 0 spiro atoms. The van der Waals surface area contributed by atoms with Gasteiger partial charge in [0.1, 0.15) is 17.1 Å². The summed E-state index contributed by atoms with van der Waals surface area (Å²) < 4.78 is 15.9. The highest BCUT2D eigenvalue weighted by molar-refractivity contribution is 6.08. The minimum atomic E-state index is -0.330. The number of hydrogen-bond donors (Lipinski definition) is 1. The molecule has 0 fully saturated rings. The van der Waals surface area contributed by atoms with E-state index < -0.39 is 0 Å². The lowest BCUT2D eigenvalue weighted by Gasteiger charge is -2.28. The van der Waals surface area contributed by atoms with Crippen LogP contribution in [0.25, 0.3) is 0 Å². The minimum Gasteiger partial charge on any atom is -0.496 e. The summed E-state index contributed by atoms with van der Waals surface area (Å²) in [7, 11) is 3.02. The van der Waals surface area contributed by atoms with Crippen molar-refractivity contribution in [3.8, 4) is 11.5 Å². The molecule has 154 valence electrons. The number of carbonyl (C=O) groups excluding carboxylic acids is 2. The first-order chi connectivity index (χ1) is 14.6. The second-order valence-electron chi connectivity index (χ2n) is 6.93. The normalized spacial score (nSPS) is 12.8. The lowest BCUT2D eigenvalue weighted by molar-refractivity contribution is 0.0702. The number of carbonyl (C=O) groups is 2. The van der Waals surface area contributed by atoms with Crippen LogP contribution in [0.5, 0.6) is 11.5 Å². The first-order valence-electron chi connectivity index (χ1n) is 9.57. The fourth-order valence-electron chi connectivity index (χ4n) is 3.63. The quantitative estimate of drug-likeness (QED) is 0.698. The molecule has 0 atom stereocenters. The Morgan fingerprint density at radius 2 is 1.77 bits per heavy atom. The molecule has 2 amide bonds. The van der Waals surface area contributed by atoms with E-state index in [0.717, 1.165) is 17.5 Å². The molecule has 7 nitrogen and oxygen atoms in total. The molecule has 0 saturated heterocycles. The van der Waals surface area contributed by atoms with Crippen LogP contribution >= 0.6 is 0 Å². The van der Waals surface area contributed by atoms with Crippen LogP contribution in [0.2, 0.25) is 0 Å². The van der Waals surface area contributed by atoms with Crippen molar-refractivity contribution >= 4 is 17.5 Å². The zero-order valence-electron chi connectivity index (χ0n) is 16.8. The molecular formula is C23H22N2O5. The number of hydrogen-bond acceptors (Lipinski definition) is 5. The Bertz CT molecular complexity index is 1050. The van der Waals surface area contributed by atoms with Gasteiger partial charge in [-0.25, -0.2) is 0 Å². The van der Waals surface area contributed by atoms with Gasteiger partial charge in [0.05, 0.1) is 20.5 Å². The van der Waals surface area contributed by atoms with Crippen molar-refractivity contribution in [2.24, 2.45) is 0 Å². The van der Waals surface area contributed by atoms with Crippen LogP contribution in [0.15, 0.2) is 59.2 Å². The number of amides is 2. The summed E-state index contributed by atoms with van der Waals surface area (Å²) in [5, 5.41) is 2.91. The SMILES string of the molecule is COc1cccc(OC)c1C(=O)Nc1ccc2c(c1)CN(C(=O)c1ccco1)CC2. The Labute approximate surface area is 174 Å². The number of rotatable bonds is 5. The Morgan fingerprint density at radius 1 is 1.00 bits per heavy atom. The van der Waals surface area contributed by atoms with E-state index in [1.807, 2.05) is 18.2 Å². The first kappa shape index (κ1) is 19.6. The number of benzene rings is 2. The molecule has 3 aromatic rings. The molecular weight excluding hydrogens is 384 g/mol. The molecule has 0 bridgehead atoms. The van der Waals surface area contributed by atoms with Crippen LogP contribution in [0, 0.1) is 0 Å². The van der Waals surface area contributed by atoms with Crippen molar-refractivity contribution in [1.29, 1.82) is 0 Å². The van der Waals surface area contributed by atoms with Gasteiger partial charge in [0.15, 0.2) is 5.76 Å². The van der Waals surface area contributed by atoms with Crippen LogP contribution in [0.1, 0.15) is 32.0 Å². The largest absolute Gasteiger partial charge is 0.496 e. The summed E-state index contributed by atoms with van der Waals surface area (Å²) in [6.45, 7) is 1.08. The average Bonchev–Trinajstić information content (AvgIpc) is 3.32. The number of nitrogens with one attached hydrogen (secondary N) is 1. The molecule has 30 heavy (non-hydrogen) atoms. The van der Waals surface area contributed by atoms with E-state index in [1.54, 1.807) is 35.2 Å². The molecule has 4 rings (SSSR count). The number of furan rings is 1. The lowest BCUT2D eigenvalue weighted by atomic mass is 9.98. The Hall–Kier alpha value is -3.74. The van der Waals surface area contributed by atoms with Gasteiger partial charge >= 0.3 is 0 Å². The maximum atomic E-state index is 12.9. The van der Waals surface area contributed by atoms with Gasteiger partial charge in [0.25, 0.3) is 11.8 Å². The predicted octanol–water partition coefficient (Wildman–Crippen LogP) is 3.75. The van der Waals surface area contributed by atoms with E-state index in [9.17, 15) is 9.59 Å². The van der Waals surface area contributed by atoms with Crippen LogP contribution in [-0.2, 0) is 13.0 Å². The summed E-state index contributed by atoms with van der Waals surface area (Å²) >= 11 is 0. The standard InChI is InChI=1S/C23H22N2O5/c1-28-18-5-3-6-19(29-2)21(18)22(26)24-17-9-8-15-10-11-25(14-16(15)13-17)23(27)20-7-4-12-30-20/h3-9,12-13H,10-11,14H2,1-2H3,(H,24,26). The third kappa shape index (κ3) is 3.74. The van der Waals surface area contributed by atoms with Gasteiger partial charge in [-0.2, -0.15) is 0 Å². The molecule has 0 radical (unpaired) electrons. The topological polar surface area (TPSA) is 81.0 Å². The lowest BCUT2D eigenvalue weighted by Crippen LogP contribution is -2.35. The molecule has 1 aromatic heterocycles. The number of methoxy groups -OCH3 is 2. The summed E-state index contributed by atoms with van der Waals surface area (Å²) in [5.74, 6) is 0.716. The van der Waals surface area contributed by atoms with Crippen molar-refractivity contribution in [1.82, 2.24) is 4.90 Å². The summed E-state index contributed by atoms with van der Waals surface area (Å²) in [5.41, 5.74) is 3.12. The minimum absolute atomic E-state index is 0.140. The molecule has 7 heteroatoms. The van der Waals surface area contributed by atoms with Gasteiger partial charge < -0.3 is 24.1 Å². The van der Waals surface area contributed by atoms with Crippen molar-refractivity contribution < 1.29 is 23.5 Å². The van der Waals surface area contributed by atoms with E-state index in [1.165, 1.54) is 20.5 Å². The van der Waals surface area contributed by atoms with Gasteiger partial charge in [0, 0.05) is 18.8 Å². The third-order valence-corrected chi connectivity index (χ3v) is 5.15. The van der Waals surface area contributed by atoms with Crippen LogP contribution in [-0.4, -0.2) is 37.5 Å². The second-order valence-corrected chi connectivity index (χ2v) is 6.93. The second kappa shape index (κ2) is 8.32. The molecule has 2 aromatic carbocycles. The smallest absolute Gasteiger partial charge is 0.289 e. The number of ether oxygens (including phenoxy) is 2. The molecule has 1 aliphatic heterocycles. The van der Waals surface area contributed by atoms with Gasteiger partial charge in [0.2, 0.25) is 0 Å². The van der Waals surface area contributed by atoms with Crippen molar-refractivity contribution in [3.63, 3.8) is 0 Å². The van der Waals surface area contributed by atoms with Crippen LogP contribution < -0.4 is 14.8 Å². The fraction of sp³-hybridized carbons (Fsp3) is 0.217. The molecule has 1 N–H and O–H groups in total. The molecule has 0 unspecified atom stereocenters. The molecule has 0 saturated carbocycles. The summed E-state index contributed by atoms with van der Waals surface area (Å²) in [4.78, 5) is 27.3. The zero-order chi connectivity index (χ0) is 21.1. The van der Waals surface area contributed by atoms with E-state index >= 15 is 0 Å². The number of anilines is 1. The van der Waals surface area contributed by atoms with Gasteiger partial charge in [-0.15, -0.1) is 0 Å². The molecule has 1 aliphatic rings. The Balaban J connectivity index is 1.55. The average molecular weight is 406 g/mol. The predicted molar refractivity (Wildman–Crippen MR) is 111 cm³/mol. The maximum Gasteiger partial charge on any atom is 0.289 e. The van der Waals surface area contributed by atoms with E-state index in [-0.39, 0.29) is 11.8 Å². The molecule has 0 aliphatic carbocycles. The fourth-order valence-corrected chi connectivity index (χ4v) is 3.63. The highest BCUT2D eigenvalue weighted by Gasteiger charge is 2.24. The van der Waals surface area contributed by atoms with E-state index in [2.05, 4.69) is 5.32 Å². The van der Waals surface area contributed by atoms with E-state index in [0.29, 0.717) is 41.6 Å². The van der Waals surface area contributed by atoms with Crippen molar-refractivity contribution in [3.05, 3.63) is 77.2 Å². The third-order valence-electron chi connectivity index (χ3n) is 5.15. The van der Waals surface area contributed by atoms with Crippen LogP contribution in [0.3, 0.4) is 0 Å². The van der Waals surface area contributed by atoms with Gasteiger partial charge in [-0.1, -0.05) is 12.1 Å². The van der Waals surface area contributed by atoms with Crippen LogP contribution in [0.4, 0.5) is 5.69 Å². The number of nitrogens with zero attached hydrogens (tertiary/aromatic N) is 1. The van der Waals surface area contributed by atoms with Crippen molar-refractivity contribution in [2.75, 3.05) is 26.1 Å². The van der Waals surface area contributed by atoms with E-state index in [4.69, 9.17) is 13.9 Å². The van der Waals surface area contributed by atoms with Crippen molar-refractivity contribution in [2.45, 2.75) is 13.0 Å². The maximum absolute atomic E-state index is 12.9. The Morgan fingerprint density at radius 3 is 2.43 bits per heavy atom. The summed E-state index contributed by atoms with van der Waals surface area (Å²) in [6.07, 6.45) is 2.24.